The fraction of sp³-hybridized carbons (Fsp3) is 0.526. The van der Waals surface area contributed by atoms with Gasteiger partial charge in [0, 0.05) is 44.2 Å². The molecule has 3 rings (SSSR count). The molecule has 7 heteroatoms. The number of nitrogens with one attached hydrogen (secondary N) is 1. The van der Waals surface area contributed by atoms with Crippen molar-refractivity contribution < 1.29 is 14.4 Å². The third kappa shape index (κ3) is 3.64. The summed E-state index contributed by atoms with van der Waals surface area (Å²) in [7, 11) is 0. The lowest BCUT2D eigenvalue weighted by atomic mass is 10.0. The Morgan fingerprint density at radius 3 is 2.73 bits per heavy atom. The molecule has 1 fully saturated rings. The van der Waals surface area contributed by atoms with E-state index >= 15 is 0 Å². The molecule has 2 aliphatic heterocycles. The average Bonchev–Trinajstić information content (AvgIpc) is 2.90. The molecule has 3 amide bonds. The van der Waals surface area contributed by atoms with Crippen molar-refractivity contribution in [3.8, 4) is 0 Å². The molecule has 2 heterocycles. The van der Waals surface area contributed by atoms with Gasteiger partial charge >= 0.3 is 0 Å². The maximum Gasteiger partial charge on any atom is 0.255 e. The molecule has 3 N–H and O–H groups in total. The van der Waals surface area contributed by atoms with Crippen molar-refractivity contribution in [2.24, 2.45) is 5.73 Å². The van der Waals surface area contributed by atoms with Crippen LogP contribution in [0.5, 0.6) is 0 Å². The third-order valence-corrected chi connectivity index (χ3v) is 5.12. The van der Waals surface area contributed by atoms with Crippen LogP contribution in [0, 0.1) is 0 Å². The first-order chi connectivity index (χ1) is 12.4. The first-order valence-corrected chi connectivity index (χ1v) is 9.11. The van der Waals surface area contributed by atoms with Gasteiger partial charge in [-0.2, -0.15) is 0 Å². The van der Waals surface area contributed by atoms with E-state index in [0.717, 1.165) is 24.2 Å². The predicted octanol–water partition coefficient (Wildman–Crippen LogP) is 0.617. The summed E-state index contributed by atoms with van der Waals surface area (Å²) in [5.41, 5.74) is 8.41. The molecule has 2 aliphatic rings. The summed E-state index contributed by atoms with van der Waals surface area (Å²) in [5, 5.41) is 2.33. The molecule has 0 aromatic heterocycles. The number of carbonyl (C=O) groups is 3. The van der Waals surface area contributed by atoms with Crippen molar-refractivity contribution in [2.75, 3.05) is 13.1 Å². The molecular formula is C19H26N4O3. The van der Waals surface area contributed by atoms with Crippen LogP contribution >= 0.6 is 0 Å². The molecule has 0 aliphatic carbocycles. The second kappa shape index (κ2) is 7.55. The Morgan fingerprint density at radius 1 is 1.31 bits per heavy atom. The topological polar surface area (TPSA) is 95.7 Å². The molecule has 0 bridgehead atoms. The van der Waals surface area contributed by atoms with E-state index in [4.69, 9.17) is 5.73 Å². The maximum atomic E-state index is 12.7. The van der Waals surface area contributed by atoms with Gasteiger partial charge in [0.25, 0.3) is 5.91 Å². The van der Waals surface area contributed by atoms with Crippen molar-refractivity contribution in [2.45, 2.75) is 51.9 Å². The van der Waals surface area contributed by atoms with E-state index in [2.05, 4.69) is 24.1 Å². The van der Waals surface area contributed by atoms with Gasteiger partial charge in [0.05, 0.1) is 0 Å². The van der Waals surface area contributed by atoms with Crippen LogP contribution in [0.1, 0.15) is 48.2 Å². The highest BCUT2D eigenvalue weighted by Gasteiger charge is 2.39. The van der Waals surface area contributed by atoms with Crippen LogP contribution in [0.4, 0.5) is 0 Å². The van der Waals surface area contributed by atoms with Crippen LogP contribution in [0.3, 0.4) is 0 Å². The van der Waals surface area contributed by atoms with E-state index in [1.165, 1.54) is 0 Å². The monoisotopic (exact) mass is 358 g/mol. The molecule has 1 saturated heterocycles. The number of hydrogen-bond acceptors (Lipinski definition) is 5. The van der Waals surface area contributed by atoms with Gasteiger partial charge < -0.3 is 10.6 Å². The minimum atomic E-state index is -0.569. The lowest BCUT2D eigenvalue weighted by molar-refractivity contribution is -0.136. The summed E-state index contributed by atoms with van der Waals surface area (Å²) in [4.78, 5) is 40.0. The number of nitrogens with two attached hydrogens (primary N) is 1. The molecule has 140 valence electrons. The molecule has 1 unspecified atom stereocenters. The first kappa shape index (κ1) is 18.5. The average molecular weight is 358 g/mol. The van der Waals surface area contributed by atoms with E-state index in [9.17, 15) is 14.4 Å². The van der Waals surface area contributed by atoms with Crippen molar-refractivity contribution in [3.63, 3.8) is 0 Å². The number of rotatable bonds is 6. The summed E-state index contributed by atoms with van der Waals surface area (Å²) in [6.45, 7) is 6.87. The van der Waals surface area contributed by atoms with Crippen LogP contribution in [-0.4, -0.2) is 52.7 Å². The molecule has 0 radical (unpaired) electrons. The van der Waals surface area contributed by atoms with Gasteiger partial charge in [-0.3, -0.25) is 24.6 Å². The lowest BCUT2D eigenvalue weighted by Crippen LogP contribution is -2.52. The third-order valence-electron chi connectivity index (χ3n) is 5.12. The normalized spacial score (nSPS) is 20.1. The SMILES string of the molecule is CC(C)N(CCN)Cc1ccc2c(c1)CN(C1CCC(=O)NC1=O)C2=O. The van der Waals surface area contributed by atoms with E-state index in [1.807, 2.05) is 18.2 Å². The van der Waals surface area contributed by atoms with Crippen LogP contribution in [0.25, 0.3) is 0 Å². The zero-order valence-corrected chi connectivity index (χ0v) is 15.3. The quantitative estimate of drug-likeness (QED) is 0.727. The Balaban J connectivity index is 1.76. The van der Waals surface area contributed by atoms with E-state index in [1.54, 1.807) is 4.90 Å². The molecule has 0 spiro atoms. The number of fused-ring (bicyclic) bond motifs is 1. The van der Waals surface area contributed by atoms with Crippen molar-refractivity contribution in [1.82, 2.24) is 15.1 Å². The van der Waals surface area contributed by atoms with Crippen LogP contribution < -0.4 is 11.1 Å². The molecule has 1 aromatic carbocycles. The molecular weight excluding hydrogens is 332 g/mol. The minimum absolute atomic E-state index is 0.135. The summed E-state index contributed by atoms with van der Waals surface area (Å²) in [5.74, 6) is -0.786. The number of amides is 3. The van der Waals surface area contributed by atoms with Gasteiger partial charge in [-0.25, -0.2) is 0 Å². The summed E-state index contributed by atoms with van der Waals surface area (Å²) < 4.78 is 0. The van der Waals surface area contributed by atoms with Crippen LogP contribution in [0.15, 0.2) is 18.2 Å². The Morgan fingerprint density at radius 2 is 2.08 bits per heavy atom. The first-order valence-electron chi connectivity index (χ1n) is 9.11. The number of benzene rings is 1. The smallest absolute Gasteiger partial charge is 0.255 e. The Hall–Kier alpha value is -2.25. The predicted molar refractivity (Wildman–Crippen MR) is 97.1 cm³/mol. The zero-order valence-electron chi connectivity index (χ0n) is 15.3. The second-order valence-electron chi connectivity index (χ2n) is 7.24. The minimum Gasteiger partial charge on any atom is -0.329 e. The largest absolute Gasteiger partial charge is 0.329 e. The van der Waals surface area contributed by atoms with Gasteiger partial charge in [0.15, 0.2) is 0 Å². The van der Waals surface area contributed by atoms with Crippen LogP contribution in [-0.2, 0) is 22.7 Å². The molecule has 26 heavy (non-hydrogen) atoms. The van der Waals surface area contributed by atoms with Gasteiger partial charge in [-0.1, -0.05) is 12.1 Å². The Bertz CT molecular complexity index is 731. The van der Waals surface area contributed by atoms with E-state index in [0.29, 0.717) is 31.1 Å². The van der Waals surface area contributed by atoms with Crippen molar-refractivity contribution in [3.05, 3.63) is 34.9 Å². The highest BCUT2D eigenvalue weighted by atomic mass is 16.2. The second-order valence-corrected chi connectivity index (χ2v) is 7.24. The summed E-state index contributed by atoms with van der Waals surface area (Å²) in [6.07, 6.45) is 0.652. The van der Waals surface area contributed by atoms with Gasteiger partial charge in [-0.05, 0) is 37.5 Å². The van der Waals surface area contributed by atoms with Gasteiger partial charge in [-0.15, -0.1) is 0 Å². The van der Waals surface area contributed by atoms with E-state index in [-0.39, 0.29) is 24.1 Å². The number of imide groups is 1. The van der Waals surface area contributed by atoms with Crippen LogP contribution in [0.2, 0.25) is 0 Å². The lowest BCUT2D eigenvalue weighted by Gasteiger charge is -2.29. The van der Waals surface area contributed by atoms with Gasteiger partial charge in [0.1, 0.15) is 6.04 Å². The maximum absolute atomic E-state index is 12.7. The fourth-order valence-electron chi connectivity index (χ4n) is 3.65. The molecule has 7 nitrogen and oxygen atoms in total. The van der Waals surface area contributed by atoms with Crippen molar-refractivity contribution in [1.29, 1.82) is 0 Å². The van der Waals surface area contributed by atoms with Gasteiger partial charge in [0.2, 0.25) is 11.8 Å². The highest BCUT2D eigenvalue weighted by Crippen LogP contribution is 2.28. The zero-order chi connectivity index (χ0) is 18.8. The standard InChI is InChI=1S/C19H26N4O3/c1-12(2)22(8-7-20)10-13-3-4-15-14(9-13)11-23(19(15)26)16-5-6-17(24)21-18(16)25/h3-4,9,12,16H,5-8,10-11,20H2,1-2H3,(H,21,24,25). The Labute approximate surface area is 153 Å². The molecule has 1 aromatic rings. The van der Waals surface area contributed by atoms with Crippen molar-refractivity contribution >= 4 is 17.7 Å². The highest BCUT2D eigenvalue weighted by molar-refractivity contribution is 6.05. The number of nitrogens with zero attached hydrogens (tertiary/aromatic N) is 2. The summed E-state index contributed by atoms with van der Waals surface area (Å²) >= 11 is 0. The number of hydrogen-bond donors (Lipinski definition) is 2. The summed E-state index contributed by atoms with van der Waals surface area (Å²) in [6, 6.07) is 5.68. The number of piperidine rings is 1. The fourth-order valence-corrected chi connectivity index (χ4v) is 3.65. The molecule has 0 saturated carbocycles. The molecule has 1 atom stereocenters. The number of carbonyl (C=O) groups excluding carboxylic acids is 3. The van der Waals surface area contributed by atoms with E-state index < -0.39 is 6.04 Å². The Kier molecular flexibility index (Phi) is 5.38.